The normalized spacial score (nSPS) is 45.0. The molecule has 3 fully saturated rings. The van der Waals surface area contributed by atoms with Crippen molar-refractivity contribution in [3.05, 3.63) is 23.3 Å². The minimum absolute atomic E-state index is 0.0865. The largest absolute Gasteiger partial charge is 0.393 e. The van der Waals surface area contributed by atoms with E-state index in [0.29, 0.717) is 41.9 Å². The Labute approximate surface area is 194 Å². The van der Waals surface area contributed by atoms with Gasteiger partial charge in [0.1, 0.15) is 0 Å². The first-order valence-electron chi connectivity index (χ1n) is 13.1. The average molecular weight is 447 g/mol. The van der Waals surface area contributed by atoms with Crippen LogP contribution in [0.5, 0.6) is 0 Å². The standard InChI is InChI=1S/C28H46O4/c1-17(6-7-18(2)27(4,32)16-29)22-10-11-23-21-9-8-19-14-20(30)15-25(31)28(19,5)24(21)12-13-26(22,23)3/h8-9,17-18,20,22-25,29-32H,6-7,10-16H2,1-5H3/t17-,18+,20-,22-,23?,24?,25+,26-,27+,28+/m1/s1. The molecular formula is C28H46O4. The molecule has 0 radical (unpaired) electrons. The SMILES string of the molecule is C[C@H](CC[C@H](C)[C@@](C)(O)CO)[C@H]1CCC2C3=CC=C4C[C@@H](O)C[C@H](O)[C@]4(C)C3CC[C@@]21C. The minimum Gasteiger partial charge on any atom is -0.393 e. The first-order valence-corrected chi connectivity index (χ1v) is 13.1. The van der Waals surface area contributed by atoms with Crippen molar-refractivity contribution in [2.45, 2.75) is 104 Å². The highest BCUT2D eigenvalue weighted by Gasteiger charge is 2.58. The summed E-state index contributed by atoms with van der Waals surface area (Å²) in [5, 5.41) is 41.2. The molecule has 4 aliphatic carbocycles. The number of aliphatic hydroxyl groups excluding tert-OH is 3. The summed E-state index contributed by atoms with van der Waals surface area (Å²) in [7, 11) is 0. The smallest absolute Gasteiger partial charge is 0.0874 e. The third-order valence-electron chi connectivity index (χ3n) is 10.8. The first kappa shape index (κ1) is 24.4. The van der Waals surface area contributed by atoms with Gasteiger partial charge < -0.3 is 20.4 Å². The van der Waals surface area contributed by atoms with Crippen LogP contribution in [0.15, 0.2) is 23.3 Å². The monoisotopic (exact) mass is 446 g/mol. The Hall–Kier alpha value is -0.680. The fraction of sp³-hybridized carbons (Fsp3) is 0.857. The van der Waals surface area contributed by atoms with Gasteiger partial charge in [0.15, 0.2) is 0 Å². The predicted molar refractivity (Wildman–Crippen MR) is 128 cm³/mol. The van der Waals surface area contributed by atoms with E-state index in [1.54, 1.807) is 12.5 Å². The van der Waals surface area contributed by atoms with Gasteiger partial charge >= 0.3 is 0 Å². The molecule has 4 nitrogen and oxygen atoms in total. The summed E-state index contributed by atoms with van der Waals surface area (Å²) in [6.07, 6.45) is 11.8. The molecule has 4 heteroatoms. The Morgan fingerprint density at radius 1 is 1.06 bits per heavy atom. The van der Waals surface area contributed by atoms with Gasteiger partial charge in [-0.3, -0.25) is 0 Å². The highest BCUT2D eigenvalue weighted by Crippen LogP contribution is 2.66. The highest BCUT2D eigenvalue weighted by molar-refractivity contribution is 5.40. The maximum Gasteiger partial charge on any atom is 0.0874 e. The number of allylic oxidation sites excluding steroid dienone is 3. The van der Waals surface area contributed by atoms with Crippen LogP contribution in [0, 0.1) is 40.4 Å². The maximum atomic E-state index is 11.1. The second-order valence-corrected chi connectivity index (χ2v) is 12.6. The summed E-state index contributed by atoms with van der Waals surface area (Å²) in [5.41, 5.74) is 1.88. The number of fused-ring (bicyclic) bond motifs is 5. The Morgan fingerprint density at radius 3 is 2.47 bits per heavy atom. The van der Waals surface area contributed by atoms with E-state index in [-0.39, 0.29) is 17.9 Å². The molecule has 182 valence electrons. The van der Waals surface area contributed by atoms with Gasteiger partial charge in [0, 0.05) is 11.8 Å². The van der Waals surface area contributed by atoms with E-state index in [2.05, 4.69) is 39.8 Å². The third-order valence-corrected chi connectivity index (χ3v) is 10.8. The van der Waals surface area contributed by atoms with E-state index in [9.17, 15) is 20.4 Å². The van der Waals surface area contributed by atoms with Crippen molar-refractivity contribution in [2.24, 2.45) is 40.4 Å². The Balaban J connectivity index is 1.51. The zero-order chi connectivity index (χ0) is 23.5. The van der Waals surface area contributed by atoms with Crippen LogP contribution in [0.25, 0.3) is 0 Å². The highest BCUT2D eigenvalue weighted by atomic mass is 16.3. The van der Waals surface area contributed by atoms with Gasteiger partial charge in [-0.2, -0.15) is 0 Å². The number of hydrogen-bond acceptors (Lipinski definition) is 4. The van der Waals surface area contributed by atoms with Crippen LogP contribution in [-0.2, 0) is 0 Å². The van der Waals surface area contributed by atoms with Crippen LogP contribution < -0.4 is 0 Å². The summed E-state index contributed by atoms with van der Waals surface area (Å²) in [5.74, 6) is 2.34. The molecular weight excluding hydrogens is 400 g/mol. The lowest BCUT2D eigenvalue weighted by Crippen LogP contribution is -2.52. The molecule has 0 saturated heterocycles. The van der Waals surface area contributed by atoms with E-state index < -0.39 is 17.8 Å². The van der Waals surface area contributed by atoms with Crippen LogP contribution >= 0.6 is 0 Å². The zero-order valence-electron chi connectivity index (χ0n) is 20.8. The second-order valence-electron chi connectivity index (χ2n) is 12.6. The third kappa shape index (κ3) is 3.74. The maximum absolute atomic E-state index is 11.1. The second kappa shape index (κ2) is 8.52. The van der Waals surface area contributed by atoms with E-state index >= 15 is 0 Å². The van der Waals surface area contributed by atoms with Gasteiger partial charge in [-0.05, 0) is 80.5 Å². The van der Waals surface area contributed by atoms with Gasteiger partial charge in [0.25, 0.3) is 0 Å². The zero-order valence-corrected chi connectivity index (χ0v) is 20.8. The van der Waals surface area contributed by atoms with E-state index in [4.69, 9.17) is 0 Å². The van der Waals surface area contributed by atoms with Gasteiger partial charge in [0.2, 0.25) is 0 Å². The summed E-state index contributed by atoms with van der Waals surface area (Å²) < 4.78 is 0. The molecule has 0 heterocycles. The average Bonchev–Trinajstić information content (AvgIpc) is 3.10. The molecule has 10 atom stereocenters. The molecule has 0 amide bonds. The predicted octanol–water partition coefficient (Wildman–Crippen LogP) is 4.61. The fourth-order valence-electron chi connectivity index (χ4n) is 8.20. The van der Waals surface area contributed by atoms with E-state index in [0.717, 1.165) is 19.3 Å². The molecule has 0 spiro atoms. The molecule has 4 N–H and O–H groups in total. The molecule has 2 unspecified atom stereocenters. The molecule has 0 aromatic carbocycles. The molecule has 32 heavy (non-hydrogen) atoms. The molecule has 3 saturated carbocycles. The fourth-order valence-corrected chi connectivity index (χ4v) is 8.20. The molecule has 4 rings (SSSR count). The Bertz CT molecular complexity index is 769. The van der Waals surface area contributed by atoms with E-state index in [1.807, 2.05) is 0 Å². The van der Waals surface area contributed by atoms with Gasteiger partial charge in [-0.1, -0.05) is 57.4 Å². The van der Waals surface area contributed by atoms with Crippen molar-refractivity contribution in [1.82, 2.24) is 0 Å². The van der Waals surface area contributed by atoms with Crippen molar-refractivity contribution < 1.29 is 20.4 Å². The van der Waals surface area contributed by atoms with Gasteiger partial charge in [0.05, 0.1) is 24.4 Å². The molecule has 4 aliphatic rings. The van der Waals surface area contributed by atoms with Crippen LogP contribution in [0.3, 0.4) is 0 Å². The van der Waals surface area contributed by atoms with Crippen molar-refractivity contribution in [3.63, 3.8) is 0 Å². The lowest BCUT2D eigenvalue weighted by molar-refractivity contribution is -0.0560. The lowest BCUT2D eigenvalue weighted by atomic mass is 9.49. The number of hydrogen-bond donors (Lipinski definition) is 4. The number of rotatable bonds is 6. The van der Waals surface area contributed by atoms with Gasteiger partial charge in [-0.15, -0.1) is 0 Å². The summed E-state index contributed by atoms with van der Waals surface area (Å²) in [4.78, 5) is 0. The van der Waals surface area contributed by atoms with Crippen LogP contribution in [0.1, 0.15) is 86.0 Å². The first-order chi connectivity index (χ1) is 14.9. The minimum atomic E-state index is -0.999. The molecule has 0 aromatic heterocycles. The quantitative estimate of drug-likeness (QED) is 0.480. The molecule has 0 bridgehead atoms. The van der Waals surface area contributed by atoms with E-state index in [1.165, 1.54) is 24.8 Å². The summed E-state index contributed by atoms with van der Waals surface area (Å²) in [6, 6.07) is 0. The van der Waals surface area contributed by atoms with Crippen molar-refractivity contribution >= 4 is 0 Å². The summed E-state index contributed by atoms with van der Waals surface area (Å²) in [6.45, 7) is 10.8. The van der Waals surface area contributed by atoms with Crippen LogP contribution in [0.4, 0.5) is 0 Å². The van der Waals surface area contributed by atoms with Crippen LogP contribution in [0.2, 0.25) is 0 Å². The Kier molecular flexibility index (Phi) is 6.51. The van der Waals surface area contributed by atoms with Crippen LogP contribution in [-0.4, -0.2) is 44.8 Å². The molecule has 0 aromatic rings. The van der Waals surface area contributed by atoms with Gasteiger partial charge in [-0.25, -0.2) is 0 Å². The van der Waals surface area contributed by atoms with Crippen molar-refractivity contribution in [1.29, 1.82) is 0 Å². The van der Waals surface area contributed by atoms with Crippen molar-refractivity contribution in [2.75, 3.05) is 6.61 Å². The molecule has 0 aliphatic heterocycles. The number of aliphatic hydroxyl groups is 4. The summed E-state index contributed by atoms with van der Waals surface area (Å²) >= 11 is 0. The lowest BCUT2D eigenvalue weighted by Gasteiger charge is -2.56. The topological polar surface area (TPSA) is 80.9 Å². The Morgan fingerprint density at radius 2 is 1.78 bits per heavy atom. The van der Waals surface area contributed by atoms with Crippen molar-refractivity contribution in [3.8, 4) is 0 Å².